The van der Waals surface area contributed by atoms with Crippen molar-refractivity contribution < 1.29 is 8.83 Å². The molecular weight excluding hydrogens is 877 g/mol. The van der Waals surface area contributed by atoms with Crippen LogP contribution < -0.4 is 9.80 Å². The summed E-state index contributed by atoms with van der Waals surface area (Å²) in [6, 6.07) is 79.5. The molecule has 72 heavy (non-hydrogen) atoms. The van der Waals surface area contributed by atoms with Gasteiger partial charge in [0.05, 0.1) is 22.7 Å². The Balaban J connectivity index is 1.03. The van der Waals surface area contributed by atoms with Gasteiger partial charge in [0.25, 0.3) is 0 Å². The molecule has 0 fully saturated rings. The Morgan fingerprint density at radius 2 is 0.625 bits per heavy atom. The van der Waals surface area contributed by atoms with Gasteiger partial charge >= 0.3 is 0 Å². The van der Waals surface area contributed by atoms with Crippen molar-refractivity contribution in [3.63, 3.8) is 0 Å². The first kappa shape index (κ1) is 41.8. The van der Waals surface area contributed by atoms with Crippen LogP contribution in [0.4, 0.5) is 34.1 Å². The van der Waals surface area contributed by atoms with E-state index in [1.807, 2.05) is 0 Å². The monoisotopic (exact) mass is 924 g/mol. The summed E-state index contributed by atoms with van der Waals surface area (Å²) in [6.07, 6.45) is 0. The van der Waals surface area contributed by atoms with Crippen molar-refractivity contribution in [1.29, 1.82) is 0 Å². The van der Waals surface area contributed by atoms with Gasteiger partial charge in [0.15, 0.2) is 11.2 Å². The second-order valence-electron chi connectivity index (χ2n) is 19.4. The zero-order valence-corrected chi connectivity index (χ0v) is 40.5. The molecule has 0 saturated carbocycles. The normalized spacial score (nSPS) is 11.9. The minimum absolute atomic E-state index is 0.874. The van der Waals surface area contributed by atoms with Gasteiger partial charge in [0.2, 0.25) is 0 Å². The van der Waals surface area contributed by atoms with Crippen molar-refractivity contribution in [1.82, 2.24) is 0 Å². The van der Waals surface area contributed by atoms with Crippen molar-refractivity contribution in [3.8, 4) is 22.3 Å². The molecule has 342 valence electrons. The standard InChI is InChI=1S/C68H48N2O2/c1-41-21-35-55-53-19-11-13-43(3)65(53)71-67(55)63(41)69(51-31-23-47(24-32-51)45-15-7-5-8-16-45)59-39-29-49-28-38-58-60(40-30-50-27-37-57(59)61(49)62(50)58)70(52-33-25-48(26-34-52)46-17-9-6-10-18-46)64-42(2)22-36-56-54-20-12-14-44(4)66(54)72-68(56)64/h5-40H,1-4H3. The molecule has 14 rings (SSSR count). The first-order valence-electron chi connectivity index (χ1n) is 24.8. The first-order valence-corrected chi connectivity index (χ1v) is 24.8. The molecule has 0 atom stereocenters. The molecular formula is C68H48N2O2. The fourth-order valence-electron chi connectivity index (χ4n) is 11.5. The summed E-state index contributed by atoms with van der Waals surface area (Å²) in [5.41, 5.74) is 19.1. The van der Waals surface area contributed by atoms with E-state index in [0.29, 0.717) is 0 Å². The molecule has 4 heteroatoms. The molecule has 14 aromatic rings. The fourth-order valence-corrected chi connectivity index (χ4v) is 11.5. The molecule has 0 aliphatic rings. The minimum Gasteiger partial charge on any atom is -0.454 e. The lowest BCUT2D eigenvalue weighted by Crippen LogP contribution is -2.13. The molecule has 12 aromatic carbocycles. The number of anilines is 6. The van der Waals surface area contributed by atoms with Gasteiger partial charge in [-0.25, -0.2) is 0 Å². The largest absolute Gasteiger partial charge is 0.454 e. The molecule has 0 saturated heterocycles. The van der Waals surface area contributed by atoms with E-state index in [0.717, 1.165) is 111 Å². The van der Waals surface area contributed by atoms with Crippen LogP contribution in [0.3, 0.4) is 0 Å². The highest BCUT2D eigenvalue weighted by Gasteiger charge is 2.28. The summed E-state index contributed by atoms with van der Waals surface area (Å²) in [6.45, 7) is 8.67. The van der Waals surface area contributed by atoms with Crippen molar-refractivity contribution in [2.75, 3.05) is 9.80 Å². The highest BCUT2D eigenvalue weighted by molar-refractivity contribution is 6.29. The maximum absolute atomic E-state index is 7.01. The third-order valence-electron chi connectivity index (χ3n) is 15.1. The Morgan fingerprint density at radius 1 is 0.264 bits per heavy atom. The maximum Gasteiger partial charge on any atom is 0.159 e. The van der Waals surface area contributed by atoms with Crippen LogP contribution in [-0.2, 0) is 0 Å². The lowest BCUT2D eigenvalue weighted by molar-refractivity contribution is 0.665. The molecule has 0 amide bonds. The SMILES string of the molecule is Cc1ccc2c(oc3c(C)cccc32)c1N(c1ccc(-c2ccccc2)cc1)c1ccc2ccc3c(N(c4ccc(-c5ccccc5)cc4)c4c(C)ccc5c4oc4c(C)cccc45)ccc4ccc1c2c43. The summed E-state index contributed by atoms with van der Waals surface area (Å²) < 4.78 is 14.0. The molecule has 0 radical (unpaired) electrons. The fraction of sp³-hybridized carbons (Fsp3) is 0.0588. The minimum atomic E-state index is 0.874. The van der Waals surface area contributed by atoms with Crippen molar-refractivity contribution in [3.05, 3.63) is 241 Å². The van der Waals surface area contributed by atoms with Crippen LogP contribution in [0.5, 0.6) is 0 Å². The Bertz CT molecular complexity index is 4130. The number of rotatable bonds is 8. The van der Waals surface area contributed by atoms with Gasteiger partial charge in [0.1, 0.15) is 11.2 Å². The first-order chi connectivity index (χ1) is 35.4. The van der Waals surface area contributed by atoms with Crippen LogP contribution in [0, 0.1) is 27.7 Å². The Labute approximate surface area is 417 Å². The molecule has 0 spiro atoms. The summed E-state index contributed by atoms with van der Waals surface area (Å²) >= 11 is 0. The molecule has 0 bridgehead atoms. The quantitative estimate of drug-likeness (QED) is 0.142. The van der Waals surface area contributed by atoms with E-state index in [1.165, 1.54) is 43.8 Å². The Hall–Kier alpha value is -9.12. The second kappa shape index (κ2) is 16.2. The van der Waals surface area contributed by atoms with Crippen LogP contribution in [0.2, 0.25) is 0 Å². The van der Waals surface area contributed by atoms with Crippen LogP contribution >= 0.6 is 0 Å². The lowest BCUT2D eigenvalue weighted by atomic mass is 9.91. The van der Waals surface area contributed by atoms with Crippen LogP contribution in [0.25, 0.3) is 98.4 Å². The molecule has 0 unspecified atom stereocenters. The number of hydrogen-bond donors (Lipinski definition) is 0. The number of fused-ring (bicyclic) bond motifs is 6. The van der Waals surface area contributed by atoms with E-state index >= 15 is 0 Å². The molecule has 2 aromatic heterocycles. The number of aryl methyl sites for hydroxylation is 4. The smallest absolute Gasteiger partial charge is 0.159 e. The number of benzene rings is 12. The van der Waals surface area contributed by atoms with E-state index in [9.17, 15) is 0 Å². The third-order valence-corrected chi connectivity index (χ3v) is 15.1. The highest BCUT2D eigenvalue weighted by atomic mass is 16.3. The van der Waals surface area contributed by atoms with Crippen molar-refractivity contribution in [2.45, 2.75) is 27.7 Å². The van der Waals surface area contributed by atoms with E-state index in [2.05, 4.69) is 256 Å². The summed E-state index contributed by atoms with van der Waals surface area (Å²) in [4.78, 5) is 4.87. The van der Waals surface area contributed by atoms with Crippen LogP contribution in [0.15, 0.2) is 227 Å². The van der Waals surface area contributed by atoms with Gasteiger partial charge in [-0.15, -0.1) is 0 Å². The van der Waals surface area contributed by atoms with Crippen molar-refractivity contribution in [2.24, 2.45) is 0 Å². The van der Waals surface area contributed by atoms with E-state index in [4.69, 9.17) is 8.83 Å². The molecule has 0 N–H and O–H groups in total. The van der Waals surface area contributed by atoms with Gasteiger partial charge in [0, 0.05) is 43.7 Å². The van der Waals surface area contributed by atoms with Gasteiger partial charge in [-0.2, -0.15) is 0 Å². The van der Waals surface area contributed by atoms with E-state index < -0.39 is 0 Å². The number of para-hydroxylation sites is 2. The maximum atomic E-state index is 7.01. The summed E-state index contributed by atoms with van der Waals surface area (Å²) in [5.74, 6) is 0. The number of furan rings is 2. The lowest BCUT2D eigenvalue weighted by Gasteiger charge is -2.30. The van der Waals surface area contributed by atoms with Gasteiger partial charge in [-0.3, -0.25) is 0 Å². The Morgan fingerprint density at radius 3 is 1.04 bits per heavy atom. The topological polar surface area (TPSA) is 32.8 Å². The zero-order valence-electron chi connectivity index (χ0n) is 40.5. The van der Waals surface area contributed by atoms with Crippen molar-refractivity contribution >= 4 is 110 Å². The molecule has 0 aliphatic heterocycles. The second-order valence-corrected chi connectivity index (χ2v) is 19.4. The Kier molecular flexibility index (Phi) is 9.43. The zero-order chi connectivity index (χ0) is 48.2. The highest BCUT2D eigenvalue weighted by Crippen LogP contribution is 2.52. The van der Waals surface area contributed by atoms with Gasteiger partial charge in [-0.1, -0.05) is 182 Å². The van der Waals surface area contributed by atoms with E-state index in [-0.39, 0.29) is 0 Å². The number of hydrogen-bond acceptors (Lipinski definition) is 4. The third kappa shape index (κ3) is 6.39. The van der Waals surface area contributed by atoms with E-state index in [1.54, 1.807) is 0 Å². The molecule has 2 heterocycles. The van der Waals surface area contributed by atoms with Crippen LogP contribution in [0.1, 0.15) is 22.3 Å². The molecule has 4 nitrogen and oxygen atoms in total. The number of nitrogens with zero attached hydrogens (tertiary/aromatic N) is 2. The van der Waals surface area contributed by atoms with Gasteiger partial charge in [-0.05, 0) is 130 Å². The molecule has 0 aliphatic carbocycles. The summed E-state index contributed by atoms with van der Waals surface area (Å²) in [5, 5.41) is 11.6. The van der Waals surface area contributed by atoms with Gasteiger partial charge < -0.3 is 18.6 Å². The predicted molar refractivity (Wildman–Crippen MR) is 304 cm³/mol. The average molecular weight is 925 g/mol. The van der Waals surface area contributed by atoms with Crippen LogP contribution in [-0.4, -0.2) is 0 Å². The predicted octanol–water partition coefficient (Wildman–Crippen LogP) is 19.9. The average Bonchev–Trinajstić information content (AvgIpc) is 4.01. The summed E-state index contributed by atoms with van der Waals surface area (Å²) in [7, 11) is 0.